The van der Waals surface area contributed by atoms with Crippen molar-refractivity contribution in [3.63, 3.8) is 0 Å². The molecule has 5 heteroatoms. The third kappa shape index (κ3) is 2.59. The minimum atomic E-state index is 0.115. The van der Waals surface area contributed by atoms with E-state index in [0.717, 1.165) is 36.7 Å². The van der Waals surface area contributed by atoms with Crippen LogP contribution in [0, 0.1) is 6.92 Å². The molecule has 2 aliphatic rings. The minimum Gasteiger partial charge on any atom is -0.333 e. The zero-order chi connectivity index (χ0) is 17.7. The number of nitrogens with zero attached hydrogens (tertiary/aromatic N) is 3. The van der Waals surface area contributed by atoms with E-state index in [2.05, 4.69) is 51.3 Å². The van der Waals surface area contributed by atoms with Crippen molar-refractivity contribution in [2.45, 2.75) is 50.6 Å². The maximum atomic E-state index is 13.2. The number of carbonyl (C=O) groups is 1. The van der Waals surface area contributed by atoms with Gasteiger partial charge in [0.05, 0.1) is 17.3 Å². The van der Waals surface area contributed by atoms with E-state index in [1.165, 1.54) is 11.1 Å². The van der Waals surface area contributed by atoms with Gasteiger partial charge in [0.15, 0.2) is 0 Å². The van der Waals surface area contributed by atoms with Gasteiger partial charge in [-0.1, -0.05) is 24.3 Å². The van der Waals surface area contributed by atoms with Gasteiger partial charge < -0.3 is 4.90 Å². The number of aryl methyl sites for hydroxylation is 1. The summed E-state index contributed by atoms with van der Waals surface area (Å²) >= 11 is 0. The number of aromatic nitrogens is 3. The quantitative estimate of drug-likeness (QED) is 0.781. The number of rotatable bonds is 4. The number of hydrogen-bond donors (Lipinski definition) is 1. The highest BCUT2D eigenvalue weighted by Gasteiger charge is 2.44. The Hall–Kier alpha value is -2.69. The molecule has 2 saturated carbocycles. The zero-order valence-electron chi connectivity index (χ0n) is 14.9. The topological polar surface area (TPSA) is 61.9 Å². The third-order valence-corrected chi connectivity index (χ3v) is 5.85. The second-order valence-corrected chi connectivity index (χ2v) is 7.65. The molecular formula is C21H22N4O. The Morgan fingerprint density at radius 3 is 2.73 bits per heavy atom. The molecule has 0 spiro atoms. The molecule has 5 rings (SSSR count). The largest absolute Gasteiger partial charge is 0.333 e. The molecular weight excluding hydrogens is 324 g/mol. The highest BCUT2D eigenvalue weighted by atomic mass is 16.2. The first kappa shape index (κ1) is 15.6. The van der Waals surface area contributed by atoms with Crippen molar-refractivity contribution in [2.24, 2.45) is 0 Å². The first-order chi connectivity index (χ1) is 12.7. The number of amides is 1. The SMILES string of the molecule is Cc1ccccc1C1CC(N(C(=O)c2cnc3cn[nH]c3c2)C2CC2)C1. The molecule has 2 aliphatic carbocycles. The highest BCUT2D eigenvalue weighted by Crippen LogP contribution is 2.44. The molecule has 2 fully saturated rings. The standard InChI is InChI=1S/C21H22N4O/c1-13-4-2-3-5-18(13)14-8-17(9-14)25(16-6-7-16)21(26)15-10-19-20(22-11-15)12-23-24-19/h2-5,10-12,14,16-17H,6-9H2,1H3,(H,23,24). The van der Waals surface area contributed by atoms with E-state index in [1.807, 2.05) is 6.07 Å². The van der Waals surface area contributed by atoms with Gasteiger partial charge in [0.2, 0.25) is 0 Å². The molecule has 0 atom stereocenters. The van der Waals surface area contributed by atoms with Gasteiger partial charge in [-0.25, -0.2) is 0 Å². The summed E-state index contributed by atoms with van der Waals surface area (Å²) in [6, 6.07) is 11.2. The maximum absolute atomic E-state index is 13.2. The van der Waals surface area contributed by atoms with E-state index >= 15 is 0 Å². The van der Waals surface area contributed by atoms with E-state index < -0.39 is 0 Å². The van der Waals surface area contributed by atoms with Crippen LogP contribution in [0.5, 0.6) is 0 Å². The Morgan fingerprint density at radius 2 is 1.96 bits per heavy atom. The molecule has 3 aromatic rings. The average molecular weight is 346 g/mol. The van der Waals surface area contributed by atoms with Gasteiger partial charge in [-0.2, -0.15) is 5.10 Å². The number of nitrogens with one attached hydrogen (secondary N) is 1. The Kier molecular flexibility index (Phi) is 3.55. The molecule has 26 heavy (non-hydrogen) atoms. The first-order valence-electron chi connectivity index (χ1n) is 9.38. The van der Waals surface area contributed by atoms with Crippen molar-refractivity contribution in [3.8, 4) is 0 Å². The summed E-state index contributed by atoms with van der Waals surface area (Å²) in [6.07, 6.45) is 7.74. The molecule has 0 bridgehead atoms. The van der Waals surface area contributed by atoms with Gasteiger partial charge in [-0.05, 0) is 55.7 Å². The minimum absolute atomic E-state index is 0.115. The summed E-state index contributed by atoms with van der Waals surface area (Å²) in [4.78, 5) is 19.7. The van der Waals surface area contributed by atoms with Crippen LogP contribution in [0.25, 0.3) is 11.0 Å². The number of aromatic amines is 1. The third-order valence-electron chi connectivity index (χ3n) is 5.85. The molecule has 0 radical (unpaired) electrons. The molecule has 2 aromatic heterocycles. The normalized spacial score (nSPS) is 22.2. The van der Waals surface area contributed by atoms with Gasteiger partial charge in [0.1, 0.15) is 5.52 Å². The predicted molar refractivity (Wildman–Crippen MR) is 100 cm³/mol. The fourth-order valence-electron chi connectivity index (χ4n) is 4.19. The first-order valence-corrected chi connectivity index (χ1v) is 9.38. The lowest BCUT2D eigenvalue weighted by Gasteiger charge is -2.44. The summed E-state index contributed by atoms with van der Waals surface area (Å²) in [5.74, 6) is 0.688. The number of benzene rings is 1. The van der Waals surface area contributed by atoms with E-state index in [-0.39, 0.29) is 5.91 Å². The Balaban J connectivity index is 1.36. The lowest BCUT2D eigenvalue weighted by atomic mass is 9.73. The lowest BCUT2D eigenvalue weighted by Crippen LogP contribution is -2.48. The summed E-state index contributed by atoms with van der Waals surface area (Å²) in [6.45, 7) is 2.18. The molecule has 1 amide bonds. The van der Waals surface area contributed by atoms with Crippen LogP contribution in [0.2, 0.25) is 0 Å². The van der Waals surface area contributed by atoms with Crippen molar-refractivity contribution in [1.82, 2.24) is 20.1 Å². The number of H-pyrrole nitrogens is 1. The molecule has 0 saturated heterocycles. The molecule has 0 unspecified atom stereocenters. The van der Waals surface area contributed by atoms with Gasteiger partial charge in [0.25, 0.3) is 5.91 Å². The smallest absolute Gasteiger partial charge is 0.255 e. The average Bonchev–Trinajstić information content (AvgIpc) is 3.34. The summed E-state index contributed by atoms with van der Waals surface area (Å²) in [5.41, 5.74) is 5.07. The molecule has 2 heterocycles. The van der Waals surface area contributed by atoms with E-state index in [0.29, 0.717) is 23.6 Å². The maximum Gasteiger partial charge on any atom is 0.255 e. The fraction of sp³-hybridized carbons (Fsp3) is 0.381. The highest BCUT2D eigenvalue weighted by molar-refractivity contribution is 5.97. The summed E-state index contributed by atoms with van der Waals surface area (Å²) < 4.78 is 0. The number of pyridine rings is 1. The van der Waals surface area contributed by atoms with Gasteiger partial charge in [-0.15, -0.1) is 0 Å². The van der Waals surface area contributed by atoms with Crippen LogP contribution in [-0.4, -0.2) is 38.1 Å². The second-order valence-electron chi connectivity index (χ2n) is 7.65. The second kappa shape index (κ2) is 5.94. The van der Waals surface area contributed by atoms with Crippen LogP contribution in [-0.2, 0) is 0 Å². The van der Waals surface area contributed by atoms with Crippen molar-refractivity contribution in [3.05, 3.63) is 59.4 Å². The number of fused-ring (bicyclic) bond motifs is 1. The Morgan fingerprint density at radius 1 is 1.15 bits per heavy atom. The van der Waals surface area contributed by atoms with Crippen molar-refractivity contribution < 1.29 is 4.79 Å². The predicted octanol–water partition coefficient (Wildman–Crippen LogP) is 3.82. The van der Waals surface area contributed by atoms with Crippen molar-refractivity contribution >= 4 is 16.9 Å². The van der Waals surface area contributed by atoms with Crippen molar-refractivity contribution in [1.29, 1.82) is 0 Å². The van der Waals surface area contributed by atoms with Gasteiger partial charge in [0, 0.05) is 18.3 Å². The number of hydrogen-bond acceptors (Lipinski definition) is 3. The Labute approximate surface area is 152 Å². The Bertz CT molecular complexity index is 969. The zero-order valence-corrected chi connectivity index (χ0v) is 14.9. The van der Waals surface area contributed by atoms with E-state index in [4.69, 9.17) is 0 Å². The fourth-order valence-corrected chi connectivity index (χ4v) is 4.19. The van der Waals surface area contributed by atoms with E-state index in [1.54, 1.807) is 12.4 Å². The van der Waals surface area contributed by atoms with Crippen LogP contribution >= 0.6 is 0 Å². The van der Waals surface area contributed by atoms with Crippen LogP contribution < -0.4 is 0 Å². The lowest BCUT2D eigenvalue weighted by molar-refractivity contribution is 0.0516. The molecule has 1 N–H and O–H groups in total. The van der Waals surface area contributed by atoms with E-state index in [9.17, 15) is 4.79 Å². The van der Waals surface area contributed by atoms with Crippen LogP contribution in [0.1, 0.15) is 53.1 Å². The number of carbonyl (C=O) groups excluding carboxylic acids is 1. The van der Waals surface area contributed by atoms with Crippen LogP contribution in [0.4, 0.5) is 0 Å². The summed E-state index contributed by atoms with van der Waals surface area (Å²) in [7, 11) is 0. The van der Waals surface area contributed by atoms with Gasteiger partial charge >= 0.3 is 0 Å². The molecule has 132 valence electrons. The van der Waals surface area contributed by atoms with Gasteiger partial charge in [-0.3, -0.25) is 14.9 Å². The van der Waals surface area contributed by atoms with Crippen LogP contribution in [0.15, 0.2) is 42.7 Å². The molecule has 5 nitrogen and oxygen atoms in total. The monoisotopic (exact) mass is 346 g/mol. The van der Waals surface area contributed by atoms with Crippen molar-refractivity contribution in [2.75, 3.05) is 0 Å². The summed E-state index contributed by atoms with van der Waals surface area (Å²) in [5, 5.41) is 6.90. The van der Waals surface area contributed by atoms with Crippen LogP contribution in [0.3, 0.4) is 0 Å². The molecule has 0 aliphatic heterocycles. The molecule has 1 aromatic carbocycles.